The Kier molecular flexibility index (Phi) is 4.13. The van der Waals surface area contributed by atoms with Crippen molar-refractivity contribution in [3.8, 4) is 0 Å². The quantitative estimate of drug-likeness (QED) is 0.912. The molecule has 2 unspecified atom stereocenters. The number of aryl methyl sites for hydroxylation is 1. The first-order valence-electron chi connectivity index (χ1n) is 7.37. The lowest BCUT2D eigenvalue weighted by Crippen LogP contribution is -2.25. The molecule has 1 aliphatic carbocycles. The average Bonchev–Trinajstić information content (AvgIpc) is 3.01. The molecule has 20 heavy (non-hydrogen) atoms. The minimum atomic E-state index is -0.667. The second kappa shape index (κ2) is 5.86. The number of fused-ring (bicyclic) bond motifs is 1. The fraction of sp³-hybridized carbons (Fsp3) is 0.562. The summed E-state index contributed by atoms with van der Waals surface area (Å²) in [5, 5.41) is 8.79. The van der Waals surface area contributed by atoms with Gasteiger partial charge in [0.2, 0.25) is 0 Å². The van der Waals surface area contributed by atoms with Crippen LogP contribution in [0.1, 0.15) is 42.9 Å². The molecular weight excluding hydrogens is 318 g/mol. The first-order chi connectivity index (χ1) is 9.63. The van der Waals surface area contributed by atoms with Crippen LogP contribution in [0, 0.1) is 5.92 Å². The molecule has 0 aromatic heterocycles. The van der Waals surface area contributed by atoms with Gasteiger partial charge in [0.25, 0.3) is 0 Å². The minimum Gasteiger partial charge on any atom is -0.481 e. The Morgan fingerprint density at radius 1 is 1.40 bits per heavy atom. The van der Waals surface area contributed by atoms with Gasteiger partial charge in [0, 0.05) is 23.5 Å². The lowest BCUT2D eigenvalue weighted by molar-refractivity contribution is -0.137. The van der Waals surface area contributed by atoms with Crippen molar-refractivity contribution in [1.82, 2.24) is 4.90 Å². The predicted octanol–water partition coefficient (Wildman–Crippen LogP) is 3.62. The molecule has 108 valence electrons. The molecule has 2 aliphatic rings. The molecule has 4 heteroatoms. The molecule has 1 aliphatic heterocycles. The molecule has 2 atom stereocenters. The van der Waals surface area contributed by atoms with E-state index in [0.29, 0.717) is 18.4 Å². The second-order valence-corrected chi connectivity index (χ2v) is 6.90. The number of halogens is 1. The van der Waals surface area contributed by atoms with Crippen LogP contribution < -0.4 is 0 Å². The van der Waals surface area contributed by atoms with E-state index in [1.54, 1.807) is 0 Å². The van der Waals surface area contributed by atoms with Gasteiger partial charge in [-0.3, -0.25) is 9.69 Å². The number of likely N-dealkylation sites (tertiary alicyclic amines) is 1. The number of rotatable bonds is 4. The molecule has 0 spiro atoms. The van der Waals surface area contributed by atoms with Gasteiger partial charge in [0.15, 0.2) is 0 Å². The van der Waals surface area contributed by atoms with Crippen LogP contribution in [-0.4, -0.2) is 29.1 Å². The summed E-state index contributed by atoms with van der Waals surface area (Å²) in [6.07, 6.45) is 4.65. The number of aliphatic carboxylic acids is 1. The predicted molar refractivity (Wildman–Crippen MR) is 81.8 cm³/mol. The van der Waals surface area contributed by atoms with E-state index in [-0.39, 0.29) is 0 Å². The minimum absolute atomic E-state index is 0.312. The van der Waals surface area contributed by atoms with Crippen molar-refractivity contribution in [2.75, 3.05) is 13.1 Å². The van der Waals surface area contributed by atoms with Gasteiger partial charge >= 0.3 is 5.97 Å². The molecule has 0 radical (unpaired) electrons. The van der Waals surface area contributed by atoms with Crippen LogP contribution >= 0.6 is 15.9 Å². The van der Waals surface area contributed by atoms with E-state index in [9.17, 15) is 4.79 Å². The van der Waals surface area contributed by atoms with Gasteiger partial charge in [-0.15, -0.1) is 0 Å². The first-order valence-corrected chi connectivity index (χ1v) is 8.17. The Morgan fingerprint density at radius 3 is 3.05 bits per heavy atom. The van der Waals surface area contributed by atoms with Crippen molar-refractivity contribution in [2.24, 2.45) is 5.92 Å². The van der Waals surface area contributed by atoms with Crippen molar-refractivity contribution < 1.29 is 9.90 Å². The highest BCUT2D eigenvalue weighted by Gasteiger charge is 2.33. The summed E-state index contributed by atoms with van der Waals surface area (Å²) in [6, 6.07) is 7.18. The zero-order valence-corrected chi connectivity index (χ0v) is 13.1. The van der Waals surface area contributed by atoms with Crippen LogP contribution in [0.5, 0.6) is 0 Å². The number of carbonyl (C=O) groups is 1. The van der Waals surface area contributed by atoms with E-state index >= 15 is 0 Å². The van der Waals surface area contributed by atoms with Crippen molar-refractivity contribution >= 4 is 21.9 Å². The van der Waals surface area contributed by atoms with Crippen LogP contribution in [0.15, 0.2) is 22.7 Å². The second-order valence-electron chi connectivity index (χ2n) is 5.98. The molecule has 1 heterocycles. The van der Waals surface area contributed by atoms with Crippen LogP contribution in [0.4, 0.5) is 0 Å². The largest absolute Gasteiger partial charge is 0.481 e. The van der Waals surface area contributed by atoms with Crippen LogP contribution in [-0.2, 0) is 11.2 Å². The topological polar surface area (TPSA) is 40.5 Å². The number of hydrogen-bond acceptors (Lipinski definition) is 2. The number of carboxylic acids is 1. The van der Waals surface area contributed by atoms with Crippen molar-refractivity contribution in [2.45, 2.75) is 38.1 Å². The van der Waals surface area contributed by atoms with E-state index in [1.807, 2.05) is 0 Å². The summed E-state index contributed by atoms with van der Waals surface area (Å²) < 4.78 is 1.16. The molecule has 0 saturated carbocycles. The smallest absolute Gasteiger partial charge is 0.303 e. The number of benzene rings is 1. The van der Waals surface area contributed by atoms with Crippen molar-refractivity contribution in [3.63, 3.8) is 0 Å². The number of hydrogen-bond donors (Lipinski definition) is 1. The maximum atomic E-state index is 10.7. The normalized spacial score (nSPS) is 25.9. The van der Waals surface area contributed by atoms with E-state index in [0.717, 1.165) is 36.8 Å². The molecular formula is C16H20BrNO2. The summed E-state index contributed by atoms with van der Waals surface area (Å²) in [4.78, 5) is 13.2. The van der Waals surface area contributed by atoms with Gasteiger partial charge < -0.3 is 5.11 Å². The lowest BCUT2D eigenvalue weighted by Gasteiger charge is -2.25. The van der Waals surface area contributed by atoms with Gasteiger partial charge in [-0.05, 0) is 61.4 Å². The van der Waals surface area contributed by atoms with E-state index in [1.165, 1.54) is 17.5 Å². The zero-order chi connectivity index (χ0) is 14.1. The fourth-order valence-corrected chi connectivity index (χ4v) is 4.06. The molecule has 3 rings (SSSR count). The lowest BCUT2D eigenvalue weighted by atomic mass is 10.0. The molecule has 3 nitrogen and oxygen atoms in total. The Balaban J connectivity index is 1.64. The maximum Gasteiger partial charge on any atom is 0.303 e. The molecule has 1 saturated heterocycles. The van der Waals surface area contributed by atoms with Crippen molar-refractivity contribution in [3.05, 3.63) is 33.8 Å². The summed E-state index contributed by atoms with van der Waals surface area (Å²) in [5.41, 5.74) is 2.95. The molecule has 1 N–H and O–H groups in total. The average molecular weight is 338 g/mol. The molecule has 0 amide bonds. The molecule has 1 fully saturated rings. The summed E-state index contributed by atoms with van der Waals surface area (Å²) >= 11 is 3.54. The van der Waals surface area contributed by atoms with E-state index in [4.69, 9.17) is 5.11 Å². The molecule has 0 bridgehead atoms. The highest BCUT2D eigenvalue weighted by atomic mass is 79.9. The molecule has 1 aromatic rings. The standard InChI is InChI=1S/C16H20BrNO2/c17-13-3-4-14-12(9-13)2-5-15(14)18-8-7-11(10-18)1-6-16(19)20/h3-4,9,11,15H,1-2,5-8,10H2,(H,19,20). The Bertz CT molecular complexity index is 517. The molecule has 1 aromatic carbocycles. The summed E-state index contributed by atoms with van der Waals surface area (Å²) in [5.74, 6) is -0.106. The van der Waals surface area contributed by atoms with Gasteiger partial charge in [-0.25, -0.2) is 0 Å². The van der Waals surface area contributed by atoms with Gasteiger partial charge in [0.05, 0.1) is 0 Å². The van der Waals surface area contributed by atoms with Crippen LogP contribution in [0.2, 0.25) is 0 Å². The Morgan fingerprint density at radius 2 is 2.25 bits per heavy atom. The van der Waals surface area contributed by atoms with E-state index < -0.39 is 5.97 Å². The first kappa shape index (κ1) is 14.1. The maximum absolute atomic E-state index is 10.7. The monoisotopic (exact) mass is 337 g/mol. The third kappa shape index (κ3) is 2.91. The van der Waals surface area contributed by atoms with Crippen molar-refractivity contribution in [1.29, 1.82) is 0 Å². The number of nitrogens with zero attached hydrogens (tertiary/aromatic N) is 1. The Labute approximate surface area is 128 Å². The number of carboxylic acid groups (broad SMARTS) is 1. The van der Waals surface area contributed by atoms with Gasteiger partial charge in [-0.1, -0.05) is 22.0 Å². The summed E-state index contributed by atoms with van der Waals surface area (Å²) in [6.45, 7) is 2.18. The fourth-order valence-electron chi connectivity index (χ4n) is 3.65. The summed E-state index contributed by atoms with van der Waals surface area (Å²) in [7, 11) is 0. The Hall–Kier alpha value is -0.870. The van der Waals surface area contributed by atoms with Crippen LogP contribution in [0.25, 0.3) is 0 Å². The third-order valence-electron chi connectivity index (χ3n) is 4.68. The third-order valence-corrected chi connectivity index (χ3v) is 5.17. The van der Waals surface area contributed by atoms with Gasteiger partial charge in [-0.2, -0.15) is 0 Å². The van der Waals surface area contributed by atoms with Gasteiger partial charge in [0.1, 0.15) is 0 Å². The highest BCUT2D eigenvalue weighted by molar-refractivity contribution is 9.10. The van der Waals surface area contributed by atoms with E-state index in [2.05, 4.69) is 39.0 Å². The van der Waals surface area contributed by atoms with Crippen LogP contribution in [0.3, 0.4) is 0 Å². The highest BCUT2D eigenvalue weighted by Crippen LogP contribution is 2.39. The zero-order valence-electron chi connectivity index (χ0n) is 11.5. The SMILES string of the molecule is O=C(O)CCC1CCN(C2CCc3cc(Br)ccc32)C1.